The molecule has 0 unspecified atom stereocenters. The normalized spacial score (nSPS) is 48.5. The summed E-state index contributed by atoms with van der Waals surface area (Å²) in [6.07, 6.45) is -15.1. The van der Waals surface area contributed by atoms with Crippen molar-refractivity contribution in [3.05, 3.63) is 0 Å². The average Bonchev–Trinajstić information content (AvgIpc) is 2.60. The molecule has 2 fully saturated rings. The van der Waals surface area contributed by atoms with Crippen molar-refractivity contribution < 1.29 is 54.8 Å². The largest absolute Gasteiger partial charge is 0.394 e. The summed E-state index contributed by atoms with van der Waals surface area (Å²) < 4.78 is 15.7. The lowest BCUT2D eigenvalue weighted by Gasteiger charge is -2.45. The van der Waals surface area contributed by atoms with E-state index in [4.69, 9.17) is 19.0 Å². The van der Waals surface area contributed by atoms with E-state index in [9.17, 15) is 35.7 Å². The molecule has 12 nitrogen and oxygen atoms in total. The maximum Gasteiger partial charge on any atom is 0.187 e. The van der Waals surface area contributed by atoms with Crippen LogP contribution < -0.4 is 5.48 Å². The Morgan fingerprint density at radius 2 is 1.52 bits per heavy atom. The lowest BCUT2D eigenvalue weighted by Crippen LogP contribution is -2.64. The van der Waals surface area contributed by atoms with E-state index >= 15 is 0 Å². The number of ether oxygens (including phenoxy) is 3. The van der Waals surface area contributed by atoms with Crippen LogP contribution in [0.2, 0.25) is 0 Å². The highest BCUT2D eigenvalue weighted by Crippen LogP contribution is 2.28. The standard InChI is InChI=1S/C13H25NO11/c1-14-22-3-5-6(16)7(17)10(20)13(24-5)25-11-4(2-15)23-12(21)9(19)8(11)18/h4-21H,2-3H2,1H3/t4-,5-,6+,7+,8-,9-,10-,11-,12+,13+/m1/s1. The van der Waals surface area contributed by atoms with Crippen molar-refractivity contribution in [2.75, 3.05) is 20.3 Å². The molecule has 2 aliphatic heterocycles. The number of hydrogen-bond donors (Lipinski definition) is 8. The average molecular weight is 371 g/mol. The van der Waals surface area contributed by atoms with Crippen molar-refractivity contribution >= 4 is 0 Å². The minimum atomic E-state index is -1.73. The summed E-state index contributed by atoms with van der Waals surface area (Å²) in [6, 6.07) is 0. The molecule has 2 rings (SSSR count). The molecule has 0 aromatic carbocycles. The van der Waals surface area contributed by atoms with Crippen LogP contribution in [0.25, 0.3) is 0 Å². The zero-order valence-corrected chi connectivity index (χ0v) is 13.5. The molecule has 0 amide bonds. The molecule has 10 atom stereocenters. The Morgan fingerprint density at radius 3 is 2.12 bits per heavy atom. The summed E-state index contributed by atoms with van der Waals surface area (Å²) in [6.45, 7) is -0.846. The monoisotopic (exact) mass is 371 g/mol. The van der Waals surface area contributed by atoms with Gasteiger partial charge in [0, 0.05) is 7.05 Å². The predicted octanol–water partition coefficient (Wildman–Crippen LogP) is -5.24. The zero-order valence-electron chi connectivity index (χ0n) is 13.5. The smallest absolute Gasteiger partial charge is 0.187 e. The van der Waals surface area contributed by atoms with Crippen molar-refractivity contribution in [2.24, 2.45) is 0 Å². The summed E-state index contributed by atoms with van der Waals surface area (Å²) >= 11 is 0. The van der Waals surface area contributed by atoms with Crippen LogP contribution in [0.4, 0.5) is 0 Å². The van der Waals surface area contributed by atoms with Crippen molar-refractivity contribution in [3.8, 4) is 0 Å². The topological polar surface area (TPSA) is 191 Å². The van der Waals surface area contributed by atoms with Gasteiger partial charge < -0.3 is 50.0 Å². The molecule has 0 radical (unpaired) electrons. The molecule has 0 bridgehead atoms. The minimum absolute atomic E-state index is 0.185. The predicted molar refractivity (Wildman–Crippen MR) is 76.5 cm³/mol. The molecule has 2 aliphatic rings. The van der Waals surface area contributed by atoms with Gasteiger partial charge >= 0.3 is 0 Å². The van der Waals surface area contributed by atoms with E-state index in [-0.39, 0.29) is 6.61 Å². The highest BCUT2D eigenvalue weighted by molar-refractivity contribution is 4.93. The molecular weight excluding hydrogens is 346 g/mol. The summed E-state index contributed by atoms with van der Waals surface area (Å²) in [5.41, 5.74) is 2.36. The minimum Gasteiger partial charge on any atom is -0.394 e. The molecule has 0 saturated carbocycles. The Kier molecular flexibility index (Phi) is 7.45. The van der Waals surface area contributed by atoms with Gasteiger partial charge in [-0.1, -0.05) is 0 Å². The number of hydrogen-bond acceptors (Lipinski definition) is 12. The first-order valence-electron chi connectivity index (χ1n) is 7.76. The van der Waals surface area contributed by atoms with E-state index in [1.807, 2.05) is 0 Å². The van der Waals surface area contributed by atoms with Crippen molar-refractivity contribution in [1.29, 1.82) is 0 Å². The van der Waals surface area contributed by atoms with Gasteiger partial charge in [-0.3, -0.25) is 4.84 Å². The Balaban J connectivity index is 2.10. The van der Waals surface area contributed by atoms with E-state index in [1.54, 1.807) is 0 Å². The van der Waals surface area contributed by atoms with Gasteiger partial charge in [-0.25, -0.2) is 5.48 Å². The maximum atomic E-state index is 10.0. The molecule has 0 aromatic rings. The molecule has 2 heterocycles. The van der Waals surface area contributed by atoms with Crippen LogP contribution in [0, 0.1) is 0 Å². The summed E-state index contributed by atoms with van der Waals surface area (Å²) in [5, 5.41) is 68.4. The molecule has 0 aromatic heterocycles. The van der Waals surface area contributed by atoms with Crippen molar-refractivity contribution in [3.63, 3.8) is 0 Å². The van der Waals surface area contributed by atoms with E-state index in [0.717, 1.165) is 0 Å². The number of nitrogens with one attached hydrogen (secondary N) is 1. The third-order valence-electron chi connectivity index (χ3n) is 4.19. The molecule has 148 valence electrons. The number of aliphatic hydroxyl groups excluding tert-OH is 7. The van der Waals surface area contributed by atoms with Gasteiger partial charge in [-0.2, -0.15) is 0 Å². The van der Waals surface area contributed by atoms with Crippen molar-refractivity contribution in [2.45, 2.75) is 61.4 Å². The highest BCUT2D eigenvalue weighted by atomic mass is 16.7. The van der Waals surface area contributed by atoms with Gasteiger partial charge in [-0.15, -0.1) is 0 Å². The fraction of sp³-hybridized carbons (Fsp3) is 1.00. The Labute approximate surface area is 143 Å². The van der Waals surface area contributed by atoms with Gasteiger partial charge in [-0.05, 0) is 0 Å². The molecular formula is C13H25NO11. The molecule has 8 N–H and O–H groups in total. The summed E-state index contributed by atoms with van der Waals surface area (Å²) in [5.74, 6) is 0. The first kappa shape index (κ1) is 20.8. The van der Waals surface area contributed by atoms with E-state index in [0.29, 0.717) is 0 Å². The van der Waals surface area contributed by atoms with Gasteiger partial charge in [0.25, 0.3) is 0 Å². The van der Waals surface area contributed by atoms with Gasteiger partial charge in [0.15, 0.2) is 12.6 Å². The number of rotatable bonds is 6. The Morgan fingerprint density at radius 1 is 0.840 bits per heavy atom. The maximum absolute atomic E-state index is 10.0. The van der Waals surface area contributed by atoms with Crippen LogP contribution in [-0.4, -0.2) is 117 Å². The summed E-state index contributed by atoms with van der Waals surface area (Å²) in [7, 11) is 1.47. The van der Waals surface area contributed by atoms with Gasteiger partial charge in [0.1, 0.15) is 48.8 Å². The number of hydroxylamine groups is 1. The van der Waals surface area contributed by atoms with Crippen LogP contribution in [0.5, 0.6) is 0 Å². The summed E-state index contributed by atoms with van der Waals surface area (Å²) in [4.78, 5) is 4.89. The fourth-order valence-corrected chi connectivity index (χ4v) is 2.72. The highest BCUT2D eigenvalue weighted by Gasteiger charge is 2.50. The second-order valence-electron chi connectivity index (χ2n) is 5.86. The molecule has 0 aliphatic carbocycles. The Bertz CT molecular complexity index is 413. The second-order valence-corrected chi connectivity index (χ2v) is 5.86. The quantitative estimate of drug-likeness (QED) is 0.207. The van der Waals surface area contributed by atoms with Crippen LogP contribution in [0.15, 0.2) is 0 Å². The lowest BCUT2D eigenvalue weighted by atomic mass is 9.97. The third-order valence-corrected chi connectivity index (χ3v) is 4.19. The first-order chi connectivity index (χ1) is 11.8. The molecule has 2 saturated heterocycles. The van der Waals surface area contributed by atoms with Crippen LogP contribution >= 0.6 is 0 Å². The van der Waals surface area contributed by atoms with E-state index < -0.39 is 68.0 Å². The molecule has 12 heteroatoms. The van der Waals surface area contributed by atoms with E-state index in [1.165, 1.54) is 7.05 Å². The first-order valence-corrected chi connectivity index (χ1v) is 7.76. The van der Waals surface area contributed by atoms with Crippen LogP contribution in [-0.2, 0) is 19.0 Å². The van der Waals surface area contributed by atoms with Crippen LogP contribution in [0.1, 0.15) is 0 Å². The zero-order chi connectivity index (χ0) is 18.7. The lowest BCUT2D eigenvalue weighted by molar-refractivity contribution is -0.356. The second kappa shape index (κ2) is 8.94. The van der Waals surface area contributed by atoms with Crippen LogP contribution in [0.3, 0.4) is 0 Å². The van der Waals surface area contributed by atoms with Gasteiger partial charge in [0.2, 0.25) is 0 Å². The van der Waals surface area contributed by atoms with Gasteiger partial charge in [0.05, 0.1) is 13.2 Å². The number of aliphatic hydroxyl groups is 7. The van der Waals surface area contributed by atoms with Crippen molar-refractivity contribution in [1.82, 2.24) is 5.48 Å². The fourth-order valence-electron chi connectivity index (χ4n) is 2.72. The molecule has 0 spiro atoms. The Hall–Kier alpha value is -0.480. The van der Waals surface area contributed by atoms with E-state index in [2.05, 4.69) is 5.48 Å². The SMILES string of the molecule is CNOC[C@H]1O[C@@H](O[C@H]2[C@H](O)[C@@H](O)[C@@H](O)O[C@@H]2CO)[C@H](O)[C@@H](O)[C@H]1O. The third kappa shape index (κ3) is 4.44. The molecule has 25 heavy (non-hydrogen) atoms.